The van der Waals surface area contributed by atoms with Gasteiger partial charge in [-0.25, -0.2) is 4.79 Å². The van der Waals surface area contributed by atoms with Gasteiger partial charge in [-0.05, 0) is 6.42 Å². The van der Waals surface area contributed by atoms with Gasteiger partial charge in [-0.1, -0.05) is 6.08 Å². The molecule has 2 heterocycles. The van der Waals surface area contributed by atoms with Gasteiger partial charge in [-0.15, -0.1) is 6.58 Å². The molecule has 2 rings (SSSR count). The van der Waals surface area contributed by atoms with E-state index in [9.17, 15) is 14.7 Å². The number of aliphatic hydroxyl groups excluding tert-OH is 1. The predicted octanol–water partition coefficient (Wildman–Crippen LogP) is -0.565. The Hall–Kier alpha value is -2.43. The van der Waals surface area contributed by atoms with Crippen LogP contribution in [0.3, 0.4) is 0 Å². The third kappa shape index (κ3) is 4.59. The quantitative estimate of drug-likeness (QED) is 0.359. The monoisotopic (exact) mass is 367 g/mol. The van der Waals surface area contributed by atoms with E-state index in [0.29, 0.717) is 25.7 Å². The number of methoxy groups -OCH3 is 1. The molecule has 144 valence electrons. The molecule has 0 bridgehead atoms. The number of rotatable bonds is 11. The van der Waals surface area contributed by atoms with E-state index >= 15 is 0 Å². The van der Waals surface area contributed by atoms with Gasteiger partial charge in [0.05, 0.1) is 25.9 Å². The molecule has 0 spiro atoms. The Labute approximate surface area is 150 Å². The number of nitrogens with one attached hydrogen (secondary N) is 2. The Morgan fingerprint density at radius 1 is 1.46 bits per heavy atom. The lowest BCUT2D eigenvalue weighted by Gasteiger charge is -2.15. The zero-order valence-electron chi connectivity index (χ0n) is 15.0. The molecular formula is C16H25N5O5. The number of nitrogens with zero attached hydrogens (tertiary/aromatic N) is 3. The van der Waals surface area contributed by atoms with Gasteiger partial charge in [-0.3, -0.25) is 14.3 Å². The smallest absolute Gasteiger partial charge is 0.329 e. The predicted molar refractivity (Wildman–Crippen MR) is 97.6 cm³/mol. The van der Waals surface area contributed by atoms with Crippen molar-refractivity contribution in [1.82, 2.24) is 19.1 Å². The third-order valence-electron chi connectivity index (χ3n) is 3.75. The number of aromatic amines is 1. The summed E-state index contributed by atoms with van der Waals surface area (Å²) in [6.07, 6.45) is 1.46. The van der Waals surface area contributed by atoms with Crippen molar-refractivity contribution in [1.29, 1.82) is 0 Å². The van der Waals surface area contributed by atoms with Crippen LogP contribution < -0.4 is 16.6 Å². The molecule has 0 saturated heterocycles. The fourth-order valence-corrected chi connectivity index (χ4v) is 2.51. The van der Waals surface area contributed by atoms with Gasteiger partial charge in [0.15, 0.2) is 11.2 Å². The van der Waals surface area contributed by atoms with Crippen LogP contribution in [0, 0.1) is 0 Å². The molecule has 0 saturated carbocycles. The first-order valence-electron chi connectivity index (χ1n) is 8.28. The summed E-state index contributed by atoms with van der Waals surface area (Å²) in [4.78, 5) is 30.7. The van der Waals surface area contributed by atoms with E-state index in [-0.39, 0.29) is 24.3 Å². The number of hydrogen-bond acceptors (Lipinski definition) is 7. The second-order valence-electron chi connectivity index (χ2n) is 5.79. The number of imidazole rings is 1. The van der Waals surface area contributed by atoms with Gasteiger partial charge in [0.2, 0.25) is 5.95 Å². The molecule has 0 radical (unpaired) electrons. The van der Waals surface area contributed by atoms with Crippen molar-refractivity contribution in [3.8, 4) is 0 Å². The highest BCUT2D eigenvalue weighted by atomic mass is 16.5. The summed E-state index contributed by atoms with van der Waals surface area (Å²) in [6.45, 7) is 5.17. The van der Waals surface area contributed by atoms with E-state index in [1.807, 2.05) is 0 Å². The minimum Gasteiger partial charge on any atom is -0.389 e. The number of aromatic nitrogens is 4. The van der Waals surface area contributed by atoms with Gasteiger partial charge in [-0.2, -0.15) is 4.98 Å². The van der Waals surface area contributed by atoms with Gasteiger partial charge in [0.25, 0.3) is 5.56 Å². The number of H-pyrrole nitrogens is 1. The second-order valence-corrected chi connectivity index (χ2v) is 5.79. The average Bonchev–Trinajstić information content (AvgIpc) is 2.96. The molecule has 3 N–H and O–H groups in total. The van der Waals surface area contributed by atoms with E-state index in [1.54, 1.807) is 17.8 Å². The summed E-state index contributed by atoms with van der Waals surface area (Å²) >= 11 is 0. The summed E-state index contributed by atoms with van der Waals surface area (Å²) in [5.41, 5.74) is -0.649. The molecule has 2 aromatic heterocycles. The summed E-state index contributed by atoms with van der Waals surface area (Å²) in [6, 6.07) is 0. The molecule has 2 aromatic rings. The van der Waals surface area contributed by atoms with Crippen LogP contribution in [0.15, 0.2) is 22.2 Å². The SMILES string of the molecule is C=CCOC[C@H](O)Cn1c(NCCCOC)nc2c1c(=O)[nH]c(=O)n2C. The first kappa shape index (κ1) is 19.9. The summed E-state index contributed by atoms with van der Waals surface area (Å²) in [5.74, 6) is 0.394. The fraction of sp³-hybridized carbons (Fsp3) is 0.562. The fourth-order valence-electron chi connectivity index (χ4n) is 2.51. The molecule has 1 atom stereocenters. The highest BCUT2D eigenvalue weighted by molar-refractivity contribution is 5.74. The average molecular weight is 367 g/mol. The molecule has 0 amide bonds. The van der Waals surface area contributed by atoms with Gasteiger partial charge < -0.3 is 24.5 Å². The standard InChI is InChI=1S/C16H25N5O5/c1-4-7-26-10-11(22)9-21-12-13(20(2)16(24)19-14(12)23)18-15(21)17-6-5-8-25-3/h4,11,22H,1,5-10H2,2-3H3,(H,17,18)(H,19,23,24)/t11-/m1/s1. The minimum atomic E-state index is -0.858. The van der Waals surface area contributed by atoms with Gasteiger partial charge in [0.1, 0.15) is 0 Å². The Balaban J connectivity index is 2.36. The molecule has 26 heavy (non-hydrogen) atoms. The van der Waals surface area contributed by atoms with Crippen molar-refractivity contribution in [3.63, 3.8) is 0 Å². The molecule has 10 heteroatoms. The number of aryl methyl sites for hydroxylation is 1. The number of aliphatic hydroxyl groups is 1. The van der Waals surface area contributed by atoms with Gasteiger partial charge in [0, 0.05) is 27.3 Å². The second kappa shape index (κ2) is 9.32. The number of fused-ring (bicyclic) bond motifs is 1. The maximum Gasteiger partial charge on any atom is 0.329 e. The molecule has 10 nitrogen and oxygen atoms in total. The Morgan fingerprint density at radius 2 is 2.23 bits per heavy atom. The number of hydrogen-bond donors (Lipinski definition) is 3. The van der Waals surface area contributed by atoms with Crippen molar-refractivity contribution < 1.29 is 14.6 Å². The molecular weight excluding hydrogens is 342 g/mol. The van der Waals surface area contributed by atoms with E-state index in [0.717, 1.165) is 6.42 Å². The van der Waals surface area contributed by atoms with E-state index in [1.165, 1.54) is 11.6 Å². The van der Waals surface area contributed by atoms with Crippen molar-refractivity contribution in [2.45, 2.75) is 19.1 Å². The lowest BCUT2D eigenvalue weighted by atomic mass is 10.3. The normalized spacial score (nSPS) is 12.4. The first-order valence-corrected chi connectivity index (χ1v) is 8.28. The summed E-state index contributed by atoms with van der Waals surface area (Å²) < 4.78 is 13.1. The molecule has 0 aliphatic heterocycles. The first-order chi connectivity index (χ1) is 12.5. The van der Waals surface area contributed by atoms with Crippen LogP contribution in [-0.4, -0.2) is 63.8 Å². The summed E-state index contributed by atoms with van der Waals surface area (Å²) in [5, 5.41) is 13.3. The summed E-state index contributed by atoms with van der Waals surface area (Å²) in [7, 11) is 3.14. The Morgan fingerprint density at radius 3 is 2.92 bits per heavy atom. The molecule has 0 aliphatic carbocycles. The van der Waals surface area contributed by atoms with E-state index in [2.05, 4.69) is 21.9 Å². The van der Waals surface area contributed by atoms with Crippen LogP contribution in [0.1, 0.15) is 6.42 Å². The largest absolute Gasteiger partial charge is 0.389 e. The van der Waals surface area contributed by atoms with Crippen molar-refractivity contribution in [2.75, 3.05) is 38.8 Å². The molecule has 0 aliphatic rings. The van der Waals surface area contributed by atoms with Crippen molar-refractivity contribution in [3.05, 3.63) is 33.5 Å². The number of anilines is 1. The van der Waals surface area contributed by atoms with Crippen molar-refractivity contribution in [2.24, 2.45) is 7.05 Å². The zero-order chi connectivity index (χ0) is 19.1. The maximum atomic E-state index is 12.3. The number of ether oxygens (including phenoxy) is 2. The van der Waals surface area contributed by atoms with Crippen LogP contribution in [0.2, 0.25) is 0 Å². The van der Waals surface area contributed by atoms with Crippen LogP contribution in [0.25, 0.3) is 11.2 Å². The zero-order valence-corrected chi connectivity index (χ0v) is 15.0. The lowest BCUT2D eigenvalue weighted by Crippen LogP contribution is -2.30. The van der Waals surface area contributed by atoms with Crippen LogP contribution in [0.5, 0.6) is 0 Å². The van der Waals surface area contributed by atoms with Crippen molar-refractivity contribution >= 4 is 17.1 Å². The highest BCUT2D eigenvalue weighted by Gasteiger charge is 2.19. The maximum absolute atomic E-state index is 12.3. The third-order valence-corrected chi connectivity index (χ3v) is 3.75. The van der Waals surface area contributed by atoms with Crippen LogP contribution in [-0.2, 0) is 23.1 Å². The van der Waals surface area contributed by atoms with E-state index in [4.69, 9.17) is 9.47 Å². The lowest BCUT2D eigenvalue weighted by molar-refractivity contribution is 0.0405. The Bertz CT molecular complexity index is 853. The van der Waals surface area contributed by atoms with Crippen LogP contribution >= 0.6 is 0 Å². The van der Waals surface area contributed by atoms with Crippen LogP contribution in [0.4, 0.5) is 5.95 Å². The Kier molecular flexibility index (Phi) is 7.13. The topological polar surface area (TPSA) is 123 Å². The highest BCUT2D eigenvalue weighted by Crippen LogP contribution is 2.16. The minimum absolute atomic E-state index is 0.0818. The molecule has 0 unspecified atom stereocenters. The van der Waals surface area contributed by atoms with Gasteiger partial charge >= 0.3 is 5.69 Å². The van der Waals surface area contributed by atoms with E-state index < -0.39 is 17.4 Å². The molecule has 0 fully saturated rings. The molecule has 0 aromatic carbocycles.